The molecule has 5 heteroatoms. The van der Waals surface area contributed by atoms with Gasteiger partial charge in [-0.1, -0.05) is 84.4 Å². The summed E-state index contributed by atoms with van der Waals surface area (Å²) in [7, 11) is 0. The van der Waals surface area contributed by atoms with Gasteiger partial charge in [0, 0.05) is 26.1 Å². The van der Waals surface area contributed by atoms with Crippen LogP contribution in [0.4, 0.5) is 0 Å². The van der Waals surface area contributed by atoms with Gasteiger partial charge in [-0.2, -0.15) is 0 Å². The molecular formula is C30H33ClN2O2. The number of carbonyl (C=O) groups is 2. The van der Waals surface area contributed by atoms with Crippen LogP contribution in [0, 0.1) is 5.92 Å². The Morgan fingerprint density at radius 2 is 1.51 bits per heavy atom. The fourth-order valence-electron chi connectivity index (χ4n) is 4.88. The first-order chi connectivity index (χ1) is 17.0. The minimum atomic E-state index is -0.176. The lowest BCUT2D eigenvalue weighted by Crippen LogP contribution is -2.42. The first-order valence-corrected chi connectivity index (χ1v) is 12.8. The normalized spacial score (nSPS) is 15.0. The van der Waals surface area contributed by atoms with Crippen LogP contribution >= 0.6 is 11.6 Å². The first kappa shape index (κ1) is 25.0. The fraction of sp³-hybridized carbons (Fsp3) is 0.333. The highest BCUT2D eigenvalue weighted by molar-refractivity contribution is 6.33. The molecule has 2 amide bonds. The van der Waals surface area contributed by atoms with Crippen molar-refractivity contribution in [1.29, 1.82) is 0 Å². The van der Waals surface area contributed by atoms with Gasteiger partial charge in [0.25, 0.3) is 5.91 Å². The number of carbonyl (C=O) groups excluding carboxylic acids is 2. The Bertz CT molecular complexity index is 1110. The van der Waals surface area contributed by atoms with Crippen molar-refractivity contribution in [3.8, 4) is 0 Å². The monoisotopic (exact) mass is 488 g/mol. The van der Waals surface area contributed by atoms with Crippen molar-refractivity contribution in [2.45, 2.75) is 38.6 Å². The highest BCUT2D eigenvalue weighted by atomic mass is 35.5. The highest BCUT2D eigenvalue weighted by Gasteiger charge is 2.27. The molecule has 0 bridgehead atoms. The van der Waals surface area contributed by atoms with Crippen LogP contribution in [-0.4, -0.2) is 41.2 Å². The molecule has 0 spiro atoms. The number of hydrogen-bond donors (Lipinski definition) is 0. The number of halogens is 1. The zero-order valence-corrected chi connectivity index (χ0v) is 21.0. The Kier molecular flexibility index (Phi) is 8.59. The quantitative estimate of drug-likeness (QED) is 0.367. The number of amides is 2. The van der Waals surface area contributed by atoms with E-state index in [1.165, 1.54) is 5.56 Å². The Morgan fingerprint density at radius 1 is 0.914 bits per heavy atom. The standard InChI is InChI=1S/C30H33ClN2O2/c1-23(26-12-6-3-7-13-26)33(30(35)27-14-8-9-15-28(27)31)21-18-29(34)32-19-16-25(17-20-32)22-24-10-4-2-5-11-24/h2-15,23,25H,16-22H2,1H3. The molecule has 1 aliphatic rings. The van der Waals surface area contributed by atoms with Crippen LogP contribution in [0.25, 0.3) is 0 Å². The van der Waals surface area contributed by atoms with E-state index in [1.807, 2.05) is 60.4 Å². The van der Waals surface area contributed by atoms with Crippen LogP contribution in [0.2, 0.25) is 5.02 Å². The van der Waals surface area contributed by atoms with Crippen LogP contribution < -0.4 is 0 Å². The number of hydrogen-bond acceptors (Lipinski definition) is 2. The molecule has 1 saturated heterocycles. The minimum absolute atomic E-state index is 0.111. The summed E-state index contributed by atoms with van der Waals surface area (Å²) in [5.74, 6) is 0.569. The minimum Gasteiger partial charge on any atom is -0.343 e. The van der Waals surface area contributed by atoms with Crippen LogP contribution in [0.15, 0.2) is 84.9 Å². The van der Waals surface area contributed by atoms with Crippen LogP contribution in [-0.2, 0) is 11.2 Å². The smallest absolute Gasteiger partial charge is 0.255 e. The maximum Gasteiger partial charge on any atom is 0.255 e. The van der Waals surface area contributed by atoms with Crippen molar-refractivity contribution in [1.82, 2.24) is 9.80 Å². The zero-order chi connectivity index (χ0) is 24.6. The van der Waals surface area contributed by atoms with Gasteiger partial charge in [0.2, 0.25) is 5.91 Å². The molecule has 182 valence electrons. The van der Waals surface area contributed by atoms with Gasteiger partial charge >= 0.3 is 0 Å². The molecule has 3 aromatic rings. The summed E-state index contributed by atoms with van der Waals surface area (Å²) in [5.41, 5.74) is 2.86. The van der Waals surface area contributed by atoms with Gasteiger partial charge in [0.05, 0.1) is 16.6 Å². The van der Waals surface area contributed by atoms with E-state index in [9.17, 15) is 9.59 Å². The van der Waals surface area contributed by atoms with E-state index in [-0.39, 0.29) is 17.9 Å². The molecule has 0 aromatic heterocycles. The third kappa shape index (κ3) is 6.52. The fourth-order valence-corrected chi connectivity index (χ4v) is 5.10. The number of benzene rings is 3. The number of rotatable bonds is 8. The Balaban J connectivity index is 1.39. The van der Waals surface area contributed by atoms with Crippen molar-refractivity contribution < 1.29 is 9.59 Å². The Labute approximate surface area is 213 Å². The van der Waals surface area contributed by atoms with E-state index < -0.39 is 0 Å². The van der Waals surface area contributed by atoms with Crippen molar-refractivity contribution in [2.75, 3.05) is 19.6 Å². The van der Waals surface area contributed by atoms with Crippen LogP contribution in [0.3, 0.4) is 0 Å². The molecule has 1 fully saturated rings. The number of piperidine rings is 1. The van der Waals surface area contributed by atoms with Crippen molar-refractivity contribution >= 4 is 23.4 Å². The molecule has 3 aromatic carbocycles. The van der Waals surface area contributed by atoms with E-state index in [0.29, 0.717) is 29.5 Å². The number of nitrogens with zero attached hydrogens (tertiary/aromatic N) is 2. The predicted molar refractivity (Wildman–Crippen MR) is 141 cm³/mol. The summed E-state index contributed by atoms with van der Waals surface area (Å²) < 4.78 is 0. The van der Waals surface area contributed by atoms with Gasteiger partial charge in [0.15, 0.2) is 0 Å². The topological polar surface area (TPSA) is 40.6 Å². The molecule has 1 heterocycles. The van der Waals surface area contributed by atoms with Gasteiger partial charge in [-0.15, -0.1) is 0 Å². The highest BCUT2D eigenvalue weighted by Crippen LogP contribution is 2.26. The molecule has 4 rings (SSSR count). The molecular weight excluding hydrogens is 456 g/mol. The second-order valence-electron chi connectivity index (χ2n) is 9.33. The van der Waals surface area contributed by atoms with Gasteiger partial charge in [-0.3, -0.25) is 9.59 Å². The second kappa shape index (κ2) is 12.0. The number of likely N-dealkylation sites (tertiary alicyclic amines) is 1. The lowest BCUT2D eigenvalue weighted by molar-refractivity contribution is -0.132. The van der Waals surface area contributed by atoms with E-state index in [0.717, 1.165) is 37.9 Å². The molecule has 1 atom stereocenters. The third-order valence-corrected chi connectivity index (χ3v) is 7.35. The van der Waals surface area contributed by atoms with E-state index in [1.54, 1.807) is 17.0 Å². The van der Waals surface area contributed by atoms with Crippen LogP contribution in [0.1, 0.15) is 53.7 Å². The van der Waals surface area contributed by atoms with Gasteiger partial charge in [-0.25, -0.2) is 0 Å². The summed E-state index contributed by atoms with van der Waals surface area (Å²) in [6.45, 7) is 3.92. The average molecular weight is 489 g/mol. The molecule has 1 unspecified atom stereocenters. The largest absolute Gasteiger partial charge is 0.343 e. The van der Waals surface area contributed by atoms with Crippen molar-refractivity contribution in [3.05, 3.63) is 107 Å². The van der Waals surface area contributed by atoms with Gasteiger partial charge in [-0.05, 0) is 55.4 Å². The predicted octanol–water partition coefficient (Wildman–Crippen LogP) is 6.41. The van der Waals surface area contributed by atoms with Gasteiger partial charge in [0.1, 0.15) is 0 Å². The molecule has 1 aliphatic heterocycles. The molecule has 0 saturated carbocycles. The first-order valence-electron chi connectivity index (χ1n) is 12.4. The van der Waals surface area contributed by atoms with Crippen molar-refractivity contribution in [3.63, 3.8) is 0 Å². The molecule has 0 radical (unpaired) electrons. The van der Waals surface area contributed by atoms with E-state index in [4.69, 9.17) is 11.6 Å². The SMILES string of the molecule is CC(c1ccccc1)N(CCC(=O)N1CCC(Cc2ccccc2)CC1)C(=O)c1ccccc1Cl. The van der Waals surface area contributed by atoms with E-state index >= 15 is 0 Å². The molecule has 35 heavy (non-hydrogen) atoms. The van der Waals surface area contributed by atoms with Crippen molar-refractivity contribution in [2.24, 2.45) is 5.92 Å². The maximum atomic E-state index is 13.5. The summed E-state index contributed by atoms with van der Waals surface area (Å²) in [6.07, 6.45) is 3.40. The average Bonchev–Trinajstić information content (AvgIpc) is 2.90. The molecule has 4 nitrogen and oxygen atoms in total. The lowest BCUT2D eigenvalue weighted by Gasteiger charge is -2.34. The molecule has 0 aliphatic carbocycles. The third-order valence-electron chi connectivity index (χ3n) is 7.02. The second-order valence-corrected chi connectivity index (χ2v) is 9.74. The zero-order valence-electron chi connectivity index (χ0n) is 20.3. The van der Waals surface area contributed by atoms with E-state index in [2.05, 4.69) is 24.3 Å². The lowest BCUT2D eigenvalue weighted by atomic mass is 9.90. The van der Waals surface area contributed by atoms with Crippen LogP contribution in [0.5, 0.6) is 0 Å². The van der Waals surface area contributed by atoms with Gasteiger partial charge < -0.3 is 9.80 Å². The summed E-state index contributed by atoms with van der Waals surface area (Å²) in [5, 5.41) is 0.426. The Morgan fingerprint density at radius 3 is 2.17 bits per heavy atom. The summed E-state index contributed by atoms with van der Waals surface area (Å²) in [4.78, 5) is 30.4. The Hall–Kier alpha value is -3.11. The summed E-state index contributed by atoms with van der Waals surface area (Å²) in [6, 6.07) is 27.4. The summed E-state index contributed by atoms with van der Waals surface area (Å²) >= 11 is 6.35. The maximum absolute atomic E-state index is 13.5. The molecule has 0 N–H and O–H groups in total.